The molecule has 336 valence electrons. The number of rotatable bonds is 14. The minimum atomic E-state index is -1.42. The summed E-state index contributed by atoms with van der Waals surface area (Å²) in [5.74, 6) is -2.62. The summed E-state index contributed by atoms with van der Waals surface area (Å²) in [6.07, 6.45) is 2.03. The molecule has 1 aromatic carbocycles. The normalized spacial score (nSPS) is 22.9. The van der Waals surface area contributed by atoms with Crippen LogP contribution in [0, 0.1) is 12.3 Å². The van der Waals surface area contributed by atoms with E-state index in [4.69, 9.17) is 33.2 Å². The molecule has 1 aromatic heterocycles. The van der Waals surface area contributed by atoms with Gasteiger partial charge in [0.25, 0.3) is 0 Å². The minimum Gasteiger partial charge on any atom is -0.463 e. The summed E-state index contributed by atoms with van der Waals surface area (Å²) >= 11 is 0. The van der Waals surface area contributed by atoms with Crippen LogP contribution in [0.25, 0.3) is 6.08 Å². The molecule has 5 rings (SSSR count). The lowest BCUT2D eigenvalue weighted by molar-refractivity contribution is -0.289. The summed E-state index contributed by atoms with van der Waals surface area (Å²) in [5.41, 5.74) is 4.53. The number of benzene rings is 1. The maximum atomic E-state index is 12.6. The molecule has 0 saturated carbocycles. The Hall–Kier alpha value is -4.96. The Morgan fingerprint density at radius 1 is 0.918 bits per heavy atom. The molecule has 0 unspecified atom stereocenters. The van der Waals surface area contributed by atoms with Crippen molar-refractivity contribution in [3.63, 3.8) is 0 Å². The van der Waals surface area contributed by atoms with Crippen LogP contribution in [0.15, 0.2) is 24.3 Å². The number of carbonyl (C=O) groups is 5. The molecule has 0 bridgehead atoms. The number of amides is 1. The van der Waals surface area contributed by atoms with Crippen LogP contribution < -0.4 is 4.74 Å². The molecule has 4 heterocycles. The van der Waals surface area contributed by atoms with E-state index in [1.165, 1.54) is 13.8 Å². The third-order valence-corrected chi connectivity index (χ3v) is 11.3. The topological polar surface area (TPSA) is 185 Å². The number of H-pyrrole nitrogens is 1. The molecular weight excluding hydrogens is 789 g/mol. The molecule has 1 spiro atoms. The van der Waals surface area contributed by atoms with Gasteiger partial charge >= 0.3 is 30.0 Å². The van der Waals surface area contributed by atoms with Crippen LogP contribution >= 0.6 is 0 Å². The lowest BCUT2D eigenvalue weighted by atomic mass is 9.78. The van der Waals surface area contributed by atoms with Gasteiger partial charge in [-0.2, -0.15) is 0 Å². The zero-order valence-corrected chi connectivity index (χ0v) is 37.4. The van der Waals surface area contributed by atoms with E-state index in [0.717, 1.165) is 100 Å². The molecule has 61 heavy (non-hydrogen) atoms. The van der Waals surface area contributed by atoms with E-state index in [1.54, 1.807) is 0 Å². The van der Waals surface area contributed by atoms with Crippen molar-refractivity contribution in [3.8, 4) is 5.88 Å². The third-order valence-electron chi connectivity index (χ3n) is 11.3. The van der Waals surface area contributed by atoms with Gasteiger partial charge in [0.15, 0.2) is 12.2 Å². The van der Waals surface area contributed by atoms with E-state index >= 15 is 0 Å². The molecule has 3 saturated heterocycles. The van der Waals surface area contributed by atoms with Gasteiger partial charge in [-0.05, 0) is 87.9 Å². The third kappa shape index (κ3) is 13.0. The summed E-state index contributed by atoms with van der Waals surface area (Å²) in [4.78, 5) is 65.7. The average molecular weight is 853 g/mol. The average Bonchev–Trinajstić information content (AvgIpc) is 3.75. The summed E-state index contributed by atoms with van der Waals surface area (Å²) in [6.45, 7) is 20.7. The van der Waals surface area contributed by atoms with Gasteiger partial charge in [-0.25, -0.2) is 4.79 Å². The Morgan fingerprint density at radius 3 is 2.16 bits per heavy atom. The number of carbonyl (C=O) groups excluding carboxylic acids is 5. The van der Waals surface area contributed by atoms with Crippen molar-refractivity contribution in [1.82, 2.24) is 20.0 Å². The highest BCUT2D eigenvalue weighted by Crippen LogP contribution is 2.41. The van der Waals surface area contributed by atoms with Crippen LogP contribution in [-0.4, -0.2) is 126 Å². The first-order valence-electron chi connectivity index (χ1n) is 21.2. The van der Waals surface area contributed by atoms with Crippen molar-refractivity contribution in [3.05, 3.63) is 52.2 Å². The predicted molar refractivity (Wildman–Crippen MR) is 223 cm³/mol. The first-order chi connectivity index (χ1) is 28.7. The lowest BCUT2D eigenvalue weighted by Crippen LogP contribution is -2.63. The maximum Gasteiger partial charge on any atom is 0.410 e. The van der Waals surface area contributed by atoms with E-state index in [2.05, 4.69) is 52.4 Å². The Balaban J connectivity index is 1.25. The van der Waals surface area contributed by atoms with Gasteiger partial charge < -0.3 is 43.0 Å². The Kier molecular flexibility index (Phi) is 15.7. The molecule has 16 nitrogen and oxygen atoms in total. The number of hydrogen-bond acceptors (Lipinski definition) is 14. The number of esters is 4. The van der Waals surface area contributed by atoms with Gasteiger partial charge in [0.05, 0.1) is 0 Å². The number of hydrogen-bond donors (Lipinski definition) is 1. The van der Waals surface area contributed by atoms with Crippen LogP contribution in [0.2, 0.25) is 0 Å². The van der Waals surface area contributed by atoms with Gasteiger partial charge in [0.1, 0.15) is 18.3 Å². The van der Waals surface area contributed by atoms with E-state index < -0.39 is 60.2 Å². The molecule has 3 aliphatic heterocycles. The van der Waals surface area contributed by atoms with Gasteiger partial charge in [-0.1, -0.05) is 44.2 Å². The second kappa shape index (κ2) is 20.3. The number of nitrogens with one attached hydrogen (secondary N) is 1. The molecule has 2 aromatic rings. The fourth-order valence-corrected chi connectivity index (χ4v) is 8.31. The highest BCUT2D eigenvalue weighted by molar-refractivity contribution is 5.69. The summed E-state index contributed by atoms with van der Waals surface area (Å²) in [5, 5.41) is 7.58. The molecule has 3 aliphatic rings. The monoisotopic (exact) mass is 852 g/mol. The molecule has 5 atom stereocenters. The summed E-state index contributed by atoms with van der Waals surface area (Å²) in [7, 11) is 0. The first-order valence-corrected chi connectivity index (χ1v) is 21.2. The number of piperidine rings is 1. The highest BCUT2D eigenvalue weighted by atomic mass is 16.7. The van der Waals surface area contributed by atoms with Crippen LogP contribution in [0.5, 0.6) is 5.88 Å². The number of aromatic nitrogens is 2. The van der Waals surface area contributed by atoms with Gasteiger partial charge in [-0.3, -0.25) is 24.3 Å². The molecule has 3 fully saturated rings. The van der Waals surface area contributed by atoms with E-state index in [9.17, 15) is 24.0 Å². The molecule has 16 heteroatoms. The van der Waals surface area contributed by atoms with Gasteiger partial charge in [-0.15, -0.1) is 5.10 Å². The van der Waals surface area contributed by atoms with E-state index in [-0.39, 0.29) is 29.9 Å². The zero-order chi connectivity index (χ0) is 44.6. The smallest absolute Gasteiger partial charge is 0.410 e. The Morgan fingerprint density at radius 2 is 1.56 bits per heavy atom. The second-order valence-corrected chi connectivity index (χ2v) is 17.8. The fraction of sp³-hybridized carbons (Fsp3) is 0.644. The first kappa shape index (κ1) is 47.1. The quantitative estimate of drug-likeness (QED) is 0.172. The number of likely N-dealkylation sites (tertiary alicyclic amines) is 2. The molecule has 1 N–H and O–H groups in total. The zero-order valence-electron chi connectivity index (χ0n) is 37.4. The van der Waals surface area contributed by atoms with E-state index in [0.29, 0.717) is 6.42 Å². The molecule has 0 radical (unpaired) electrons. The SMILES string of the molecule is CC(=O)OC[C@H]1O[C@@H](Oc2n[nH]c(C(C)C)c2Cc2ccc(/C=C/CCN3CCC4(CCN(C(=O)OC(C)(C)C)CC4)C3)cc2C)[C@H](OC(C)=O)[C@@H](OC(C)=O)[C@@H]1OC(C)=O. The predicted octanol–water partition coefficient (Wildman–Crippen LogP) is 6.02. The van der Waals surface area contributed by atoms with Crippen molar-refractivity contribution in [1.29, 1.82) is 0 Å². The van der Waals surface area contributed by atoms with Crippen molar-refractivity contribution >= 4 is 36.0 Å². The fourth-order valence-electron chi connectivity index (χ4n) is 8.31. The Labute approximate surface area is 358 Å². The summed E-state index contributed by atoms with van der Waals surface area (Å²) in [6, 6.07) is 6.31. The minimum absolute atomic E-state index is 0.0216. The number of ether oxygens (including phenoxy) is 7. The lowest BCUT2D eigenvalue weighted by Gasteiger charge is -2.43. The van der Waals surface area contributed by atoms with Crippen molar-refractivity contribution in [2.24, 2.45) is 5.41 Å². The van der Waals surface area contributed by atoms with Crippen molar-refractivity contribution in [2.45, 2.75) is 144 Å². The number of aryl methyl sites for hydroxylation is 1. The van der Waals surface area contributed by atoms with Crippen LogP contribution in [0.3, 0.4) is 0 Å². The van der Waals surface area contributed by atoms with E-state index in [1.807, 2.05) is 39.5 Å². The van der Waals surface area contributed by atoms with Gasteiger partial charge in [0, 0.05) is 71.6 Å². The maximum absolute atomic E-state index is 12.6. The van der Waals surface area contributed by atoms with Crippen LogP contribution in [0.1, 0.15) is 122 Å². The summed E-state index contributed by atoms with van der Waals surface area (Å²) < 4.78 is 40.1. The van der Waals surface area contributed by atoms with Crippen molar-refractivity contribution < 1.29 is 57.1 Å². The van der Waals surface area contributed by atoms with Crippen LogP contribution in [0.4, 0.5) is 4.79 Å². The number of aromatic amines is 1. The molecule has 0 aliphatic carbocycles. The van der Waals surface area contributed by atoms with Crippen molar-refractivity contribution in [2.75, 3.05) is 39.3 Å². The molecular formula is C45H64N4O12. The second-order valence-electron chi connectivity index (χ2n) is 17.8. The number of nitrogens with zero attached hydrogens (tertiary/aromatic N) is 3. The standard InChI is InChI=1S/C45H64N4O12/c1-27(2)37-35(41(47-46-37)60-42-40(58-32(7)53)39(57-31(6)52)38(56-30(5)51)36(59-42)25-55-29(4)50)24-34-15-14-33(23-28(34)3)13-11-12-19-48-20-16-45(26-48)17-21-49(22-18-45)43(54)61-44(8,9)10/h11,13-15,23,27,36,38-40,42H,12,16-22,24-26H2,1-10H3,(H,46,47)/b13-11+/t36-,38-,39+,40-,42+/m1/s1. The van der Waals surface area contributed by atoms with Crippen LogP contribution in [-0.2, 0) is 54.0 Å². The largest absolute Gasteiger partial charge is 0.463 e. The van der Waals surface area contributed by atoms with Gasteiger partial charge in [0.2, 0.25) is 18.3 Å². The highest BCUT2D eigenvalue weighted by Gasteiger charge is 2.54. The Bertz CT molecular complexity index is 1910. The molecule has 1 amide bonds.